The van der Waals surface area contributed by atoms with E-state index < -0.39 is 0 Å². The topological polar surface area (TPSA) is 67.4 Å². The first-order valence-electron chi connectivity index (χ1n) is 9.37. The molecule has 1 aliphatic rings. The second kappa shape index (κ2) is 8.63. The molecule has 1 amide bonds. The van der Waals surface area contributed by atoms with Gasteiger partial charge in [-0.15, -0.1) is 0 Å². The van der Waals surface area contributed by atoms with Gasteiger partial charge in [-0.1, -0.05) is 30.3 Å². The van der Waals surface area contributed by atoms with E-state index in [4.69, 9.17) is 4.74 Å². The summed E-state index contributed by atoms with van der Waals surface area (Å²) < 4.78 is 5.41. The second-order valence-corrected chi connectivity index (χ2v) is 6.56. The summed E-state index contributed by atoms with van der Waals surface area (Å²) in [6.07, 6.45) is 6.89. The van der Waals surface area contributed by atoms with E-state index in [9.17, 15) is 4.79 Å². The Kier molecular flexibility index (Phi) is 5.58. The molecule has 0 atom stereocenters. The van der Waals surface area contributed by atoms with Crippen LogP contribution in [0.4, 0.5) is 5.82 Å². The van der Waals surface area contributed by atoms with Gasteiger partial charge in [-0.25, -0.2) is 4.98 Å². The van der Waals surface area contributed by atoms with Gasteiger partial charge in [0.25, 0.3) is 0 Å². The Bertz CT molecular complexity index is 991. The van der Waals surface area contributed by atoms with Crippen molar-refractivity contribution in [3.63, 3.8) is 0 Å². The molecule has 3 aromatic rings. The molecule has 1 N–H and O–H groups in total. The van der Waals surface area contributed by atoms with Crippen LogP contribution in [0.15, 0.2) is 60.9 Å². The van der Waals surface area contributed by atoms with Crippen molar-refractivity contribution in [3.8, 4) is 0 Å². The van der Waals surface area contributed by atoms with E-state index in [1.807, 2.05) is 42.5 Å². The van der Waals surface area contributed by atoms with Gasteiger partial charge in [-0.3, -0.25) is 9.78 Å². The van der Waals surface area contributed by atoms with Gasteiger partial charge in [0.15, 0.2) is 0 Å². The van der Waals surface area contributed by atoms with E-state index in [1.165, 1.54) is 0 Å². The highest BCUT2D eigenvalue weighted by molar-refractivity contribution is 5.95. The van der Waals surface area contributed by atoms with E-state index in [-0.39, 0.29) is 5.91 Å². The standard InChI is InChI=1S/C22H22N4O2/c27-20(9-8-18-5-1-4-17-6-2-10-23-21(17)18)25-16-19-7-3-11-24-22(19)26-12-14-28-15-13-26/h1-11H,12-16H2,(H,25,27)/b9-8+. The van der Waals surface area contributed by atoms with Crippen LogP contribution >= 0.6 is 0 Å². The third-order valence-corrected chi connectivity index (χ3v) is 4.71. The number of fused-ring (bicyclic) bond motifs is 1. The molecule has 1 fully saturated rings. The van der Waals surface area contributed by atoms with Gasteiger partial charge < -0.3 is 15.0 Å². The number of para-hydroxylation sites is 1. The summed E-state index contributed by atoms with van der Waals surface area (Å²) in [7, 11) is 0. The highest BCUT2D eigenvalue weighted by atomic mass is 16.5. The Labute approximate surface area is 163 Å². The first kappa shape index (κ1) is 18.1. The molecular formula is C22H22N4O2. The second-order valence-electron chi connectivity index (χ2n) is 6.56. The van der Waals surface area contributed by atoms with E-state index >= 15 is 0 Å². The molecule has 0 bridgehead atoms. The van der Waals surface area contributed by atoms with E-state index in [0.717, 1.165) is 40.9 Å². The predicted octanol–water partition coefficient (Wildman–Crippen LogP) is 2.80. The quantitative estimate of drug-likeness (QED) is 0.696. The van der Waals surface area contributed by atoms with Crippen molar-refractivity contribution in [1.82, 2.24) is 15.3 Å². The maximum Gasteiger partial charge on any atom is 0.244 e. The van der Waals surface area contributed by atoms with Crippen LogP contribution < -0.4 is 10.2 Å². The summed E-state index contributed by atoms with van der Waals surface area (Å²) >= 11 is 0. The molecule has 0 spiro atoms. The molecule has 0 aliphatic carbocycles. The minimum Gasteiger partial charge on any atom is -0.378 e. The van der Waals surface area contributed by atoms with E-state index in [0.29, 0.717) is 19.8 Å². The van der Waals surface area contributed by atoms with Gasteiger partial charge in [0.05, 0.1) is 18.7 Å². The van der Waals surface area contributed by atoms with Crippen LogP contribution in [0, 0.1) is 0 Å². The average Bonchev–Trinajstić information content (AvgIpc) is 2.77. The molecule has 1 saturated heterocycles. The number of ether oxygens (including phenoxy) is 1. The highest BCUT2D eigenvalue weighted by Crippen LogP contribution is 2.19. The highest BCUT2D eigenvalue weighted by Gasteiger charge is 2.15. The molecule has 1 aliphatic heterocycles. The van der Waals surface area contributed by atoms with Crippen LogP contribution in [0.3, 0.4) is 0 Å². The number of anilines is 1. The number of amides is 1. The summed E-state index contributed by atoms with van der Waals surface area (Å²) in [6.45, 7) is 3.45. The average molecular weight is 374 g/mol. The number of rotatable bonds is 5. The van der Waals surface area contributed by atoms with E-state index in [1.54, 1.807) is 24.5 Å². The fraction of sp³-hybridized carbons (Fsp3) is 0.227. The van der Waals surface area contributed by atoms with Crippen molar-refractivity contribution in [3.05, 3.63) is 72.1 Å². The Balaban J connectivity index is 1.43. The number of pyridine rings is 2. The van der Waals surface area contributed by atoms with Gasteiger partial charge in [-0.05, 0) is 18.2 Å². The molecule has 0 unspecified atom stereocenters. The minimum atomic E-state index is -0.148. The number of benzene rings is 1. The number of nitrogens with one attached hydrogen (secondary N) is 1. The number of nitrogens with zero attached hydrogens (tertiary/aromatic N) is 3. The Hall–Kier alpha value is -3.25. The third-order valence-electron chi connectivity index (χ3n) is 4.71. The molecule has 0 radical (unpaired) electrons. The summed E-state index contributed by atoms with van der Waals surface area (Å²) in [4.78, 5) is 23.4. The molecule has 1 aromatic carbocycles. The van der Waals surface area contributed by atoms with Crippen LogP contribution in [-0.4, -0.2) is 42.2 Å². The van der Waals surface area contributed by atoms with Crippen molar-refractivity contribution >= 4 is 28.7 Å². The van der Waals surface area contributed by atoms with Gasteiger partial charge in [0, 0.05) is 54.6 Å². The Morgan fingerprint density at radius 2 is 1.86 bits per heavy atom. The van der Waals surface area contributed by atoms with Gasteiger partial charge in [0.2, 0.25) is 5.91 Å². The number of morpholine rings is 1. The van der Waals surface area contributed by atoms with Gasteiger partial charge >= 0.3 is 0 Å². The molecule has 4 rings (SSSR count). The van der Waals surface area contributed by atoms with Crippen molar-refractivity contribution in [2.45, 2.75) is 6.54 Å². The number of carbonyl (C=O) groups excluding carboxylic acids is 1. The van der Waals surface area contributed by atoms with Crippen LogP contribution in [0.1, 0.15) is 11.1 Å². The first-order chi connectivity index (χ1) is 13.8. The lowest BCUT2D eigenvalue weighted by Crippen LogP contribution is -2.37. The van der Waals surface area contributed by atoms with Crippen LogP contribution in [0.25, 0.3) is 17.0 Å². The van der Waals surface area contributed by atoms with Crippen LogP contribution in [0.2, 0.25) is 0 Å². The molecule has 28 heavy (non-hydrogen) atoms. The molecule has 3 heterocycles. The van der Waals surface area contributed by atoms with Crippen LogP contribution in [0.5, 0.6) is 0 Å². The van der Waals surface area contributed by atoms with Crippen molar-refractivity contribution in [2.24, 2.45) is 0 Å². The monoisotopic (exact) mass is 374 g/mol. The van der Waals surface area contributed by atoms with E-state index in [2.05, 4.69) is 20.2 Å². The maximum absolute atomic E-state index is 12.3. The lowest BCUT2D eigenvalue weighted by atomic mass is 10.1. The number of carbonyl (C=O) groups is 1. The fourth-order valence-electron chi connectivity index (χ4n) is 3.30. The molecule has 142 valence electrons. The third kappa shape index (κ3) is 4.18. The Morgan fingerprint density at radius 1 is 1.07 bits per heavy atom. The summed E-state index contributed by atoms with van der Waals surface area (Å²) in [5.74, 6) is 0.762. The maximum atomic E-state index is 12.3. The van der Waals surface area contributed by atoms with Crippen LogP contribution in [-0.2, 0) is 16.1 Å². The SMILES string of the molecule is O=C(/C=C/c1cccc2cccnc12)NCc1cccnc1N1CCOCC1. The molecule has 6 heteroatoms. The predicted molar refractivity (Wildman–Crippen MR) is 110 cm³/mol. The zero-order valence-corrected chi connectivity index (χ0v) is 15.5. The smallest absolute Gasteiger partial charge is 0.244 e. The number of aromatic nitrogens is 2. The Morgan fingerprint density at radius 3 is 2.75 bits per heavy atom. The van der Waals surface area contributed by atoms with Crippen molar-refractivity contribution in [1.29, 1.82) is 0 Å². The van der Waals surface area contributed by atoms with Crippen molar-refractivity contribution in [2.75, 3.05) is 31.2 Å². The summed E-state index contributed by atoms with van der Waals surface area (Å²) in [5.41, 5.74) is 2.80. The zero-order valence-electron chi connectivity index (χ0n) is 15.5. The fourth-order valence-corrected chi connectivity index (χ4v) is 3.30. The summed E-state index contributed by atoms with van der Waals surface area (Å²) in [6, 6.07) is 13.7. The molecule has 0 saturated carbocycles. The number of hydrogen-bond acceptors (Lipinski definition) is 5. The zero-order chi connectivity index (χ0) is 19.2. The number of hydrogen-bond donors (Lipinski definition) is 1. The lowest BCUT2D eigenvalue weighted by molar-refractivity contribution is -0.116. The van der Waals surface area contributed by atoms with Gasteiger partial charge in [-0.2, -0.15) is 0 Å². The molecular weight excluding hydrogens is 352 g/mol. The molecule has 6 nitrogen and oxygen atoms in total. The van der Waals surface area contributed by atoms with Crippen molar-refractivity contribution < 1.29 is 9.53 Å². The summed E-state index contributed by atoms with van der Waals surface area (Å²) in [5, 5.41) is 4.00. The first-order valence-corrected chi connectivity index (χ1v) is 9.37. The minimum absolute atomic E-state index is 0.148. The lowest BCUT2D eigenvalue weighted by Gasteiger charge is -2.29. The van der Waals surface area contributed by atoms with Gasteiger partial charge in [0.1, 0.15) is 5.82 Å². The molecule has 2 aromatic heterocycles. The normalized spacial score (nSPS) is 14.5. The largest absolute Gasteiger partial charge is 0.378 e.